The molecule has 0 aliphatic heterocycles. The van der Waals surface area contributed by atoms with Crippen molar-refractivity contribution in [2.24, 2.45) is 23.7 Å². The highest BCUT2D eigenvalue weighted by Crippen LogP contribution is 2.50. The molecule has 0 aromatic rings. The first-order valence-corrected chi connectivity index (χ1v) is 5.68. The van der Waals surface area contributed by atoms with Gasteiger partial charge in [0, 0.05) is 12.3 Å². The summed E-state index contributed by atoms with van der Waals surface area (Å²) in [6, 6.07) is 0. The second kappa shape index (κ2) is 3.84. The molecule has 0 N–H and O–H groups in total. The molecule has 0 radical (unpaired) electrons. The van der Waals surface area contributed by atoms with Crippen molar-refractivity contribution in [2.45, 2.75) is 39.0 Å². The van der Waals surface area contributed by atoms with Crippen molar-refractivity contribution in [1.82, 2.24) is 0 Å². The quantitative estimate of drug-likeness (QED) is 0.645. The summed E-state index contributed by atoms with van der Waals surface area (Å²) in [7, 11) is 0. The molecule has 0 aromatic heterocycles. The Hall–Kier alpha value is -0.660. The summed E-state index contributed by atoms with van der Waals surface area (Å²) in [6.07, 6.45) is 6.52. The zero-order valence-corrected chi connectivity index (χ0v) is 8.74. The molecule has 0 amide bonds. The summed E-state index contributed by atoms with van der Waals surface area (Å²) in [5.41, 5.74) is 0. The van der Waals surface area contributed by atoms with Gasteiger partial charge in [0.2, 0.25) is 0 Å². The molecule has 3 aliphatic rings. The first-order valence-electron chi connectivity index (χ1n) is 5.68. The number of aldehydes is 1. The molecule has 0 heterocycles. The van der Waals surface area contributed by atoms with Crippen LogP contribution in [0.1, 0.15) is 39.0 Å². The molecule has 2 nitrogen and oxygen atoms in total. The third kappa shape index (κ3) is 1.51. The second-order valence-electron chi connectivity index (χ2n) is 4.88. The topological polar surface area (TPSA) is 34.1 Å². The van der Waals surface area contributed by atoms with Crippen LogP contribution >= 0.6 is 0 Å². The first-order chi connectivity index (χ1) is 6.74. The fourth-order valence-electron chi connectivity index (χ4n) is 3.66. The number of carbonyl (C=O) groups is 2. The number of hydrogen-bond donors (Lipinski definition) is 0. The maximum absolute atomic E-state index is 11.6. The zero-order chi connectivity index (χ0) is 10.1. The summed E-state index contributed by atoms with van der Waals surface area (Å²) in [5, 5.41) is 0. The van der Waals surface area contributed by atoms with Crippen LogP contribution in [0, 0.1) is 23.7 Å². The van der Waals surface area contributed by atoms with Gasteiger partial charge in [0.1, 0.15) is 12.1 Å². The highest BCUT2D eigenvalue weighted by molar-refractivity contribution is 5.79. The van der Waals surface area contributed by atoms with E-state index in [1.165, 1.54) is 25.7 Å². The van der Waals surface area contributed by atoms with E-state index in [0.29, 0.717) is 30.0 Å². The number of fused-ring (bicyclic) bond motifs is 3. The second-order valence-corrected chi connectivity index (χ2v) is 4.88. The highest BCUT2D eigenvalue weighted by atomic mass is 16.1. The van der Waals surface area contributed by atoms with Gasteiger partial charge in [0.15, 0.2) is 0 Å². The van der Waals surface area contributed by atoms with Crippen molar-refractivity contribution in [3.63, 3.8) is 0 Å². The van der Waals surface area contributed by atoms with E-state index in [1.807, 2.05) is 0 Å². The predicted molar refractivity (Wildman–Crippen MR) is 53.8 cm³/mol. The number of carbonyl (C=O) groups excluding carboxylic acids is 2. The van der Waals surface area contributed by atoms with Gasteiger partial charge in [0.05, 0.1) is 0 Å². The average Bonchev–Trinajstić information content (AvgIpc) is 2.19. The van der Waals surface area contributed by atoms with E-state index < -0.39 is 0 Å². The fourth-order valence-corrected chi connectivity index (χ4v) is 3.66. The van der Waals surface area contributed by atoms with Crippen LogP contribution in [0.2, 0.25) is 0 Å². The van der Waals surface area contributed by atoms with E-state index >= 15 is 0 Å². The third-order valence-electron chi connectivity index (χ3n) is 4.23. The van der Waals surface area contributed by atoms with Gasteiger partial charge in [-0.1, -0.05) is 0 Å². The van der Waals surface area contributed by atoms with Crippen LogP contribution in [0.4, 0.5) is 0 Å². The summed E-state index contributed by atoms with van der Waals surface area (Å²) in [5.74, 6) is 2.12. The monoisotopic (exact) mass is 194 g/mol. The van der Waals surface area contributed by atoms with Crippen LogP contribution in [0.3, 0.4) is 0 Å². The van der Waals surface area contributed by atoms with E-state index in [9.17, 15) is 9.59 Å². The summed E-state index contributed by atoms with van der Waals surface area (Å²) < 4.78 is 0. The van der Waals surface area contributed by atoms with Crippen LogP contribution in [0.15, 0.2) is 0 Å². The van der Waals surface area contributed by atoms with Gasteiger partial charge in [-0.25, -0.2) is 0 Å². The number of Topliss-reactive ketones (excluding diaryl/α,β-unsaturated/α-hetero) is 1. The molecule has 0 saturated heterocycles. The molecule has 0 spiro atoms. The Labute approximate surface area is 85.1 Å². The normalized spacial score (nSPS) is 40.9. The lowest BCUT2D eigenvalue weighted by Gasteiger charge is -2.47. The number of hydrogen-bond acceptors (Lipinski definition) is 2. The predicted octanol–water partition coefficient (Wildman–Crippen LogP) is 2.22. The maximum atomic E-state index is 11.6. The largest absolute Gasteiger partial charge is 0.303 e. The van der Waals surface area contributed by atoms with Gasteiger partial charge in [-0.15, -0.1) is 0 Å². The molecule has 2 unspecified atom stereocenters. The van der Waals surface area contributed by atoms with Crippen LogP contribution in [0.25, 0.3) is 0 Å². The van der Waals surface area contributed by atoms with E-state index in [1.54, 1.807) is 6.92 Å². The lowest BCUT2D eigenvalue weighted by molar-refractivity contribution is -0.131. The summed E-state index contributed by atoms with van der Waals surface area (Å²) >= 11 is 0. The zero-order valence-electron chi connectivity index (χ0n) is 8.74. The molecule has 3 fully saturated rings. The molecule has 3 aliphatic carbocycles. The molecular weight excluding hydrogens is 176 g/mol. The van der Waals surface area contributed by atoms with Gasteiger partial charge >= 0.3 is 0 Å². The number of ketones is 1. The Kier molecular flexibility index (Phi) is 2.71. The van der Waals surface area contributed by atoms with Crippen molar-refractivity contribution < 1.29 is 9.59 Å². The highest BCUT2D eigenvalue weighted by Gasteiger charge is 2.44. The lowest BCUT2D eigenvalue weighted by Crippen LogP contribution is -2.43. The number of rotatable bonds is 3. The van der Waals surface area contributed by atoms with E-state index in [0.717, 1.165) is 6.29 Å². The molecule has 3 rings (SSSR count). The van der Waals surface area contributed by atoms with Crippen molar-refractivity contribution in [3.8, 4) is 0 Å². The van der Waals surface area contributed by atoms with Gasteiger partial charge in [-0.3, -0.25) is 4.79 Å². The van der Waals surface area contributed by atoms with E-state index in [2.05, 4.69) is 0 Å². The van der Waals surface area contributed by atoms with Crippen LogP contribution in [-0.4, -0.2) is 12.1 Å². The van der Waals surface area contributed by atoms with Crippen molar-refractivity contribution in [1.29, 1.82) is 0 Å². The van der Waals surface area contributed by atoms with E-state index in [-0.39, 0.29) is 5.92 Å². The minimum absolute atomic E-state index is 0.202. The molecule has 14 heavy (non-hydrogen) atoms. The molecule has 2 heteroatoms. The Balaban J connectivity index is 2.17. The fraction of sp³-hybridized carbons (Fsp3) is 0.833. The maximum Gasteiger partial charge on any atom is 0.133 e. The SMILES string of the molecule is CC(=O)C1C2CCC(CC2)C1CC=O. The molecule has 2 atom stereocenters. The Bertz CT molecular complexity index is 239. The average molecular weight is 194 g/mol. The molecular formula is C12H18O2. The van der Waals surface area contributed by atoms with Crippen molar-refractivity contribution in [2.75, 3.05) is 0 Å². The molecule has 0 aromatic carbocycles. The van der Waals surface area contributed by atoms with Gasteiger partial charge in [-0.05, 0) is 50.4 Å². The minimum Gasteiger partial charge on any atom is -0.303 e. The Morgan fingerprint density at radius 3 is 2.29 bits per heavy atom. The van der Waals surface area contributed by atoms with Gasteiger partial charge < -0.3 is 4.79 Å². The first kappa shape index (κ1) is 9.88. The van der Waals surface area contributed by atoms with Gasteiger partial charge in [0.25, 0.3) is 0 Å². The summed E-state index contributed by atoms with van der Waals surface area (Å²) in [4.78, 5) is 22.2. The van der Waals surface area contributed by atoms with Gasteiger partial charge in [-0.2, -0.15) is 0 Å². The lowest BCUT2D eigenvalue weighted by atomic mass is 9.57. The smallest absolute Gasteiger partial charge is 0.133 e. The molecule has 2 bridgehead atoms. The van der Waals surface area contributed by atoms with Crippen molar-refractivity contribution in [3.05, 3.63) is 0 Å². The van der Waals surface area contributed by atoms with Crippen molar-refractivity contribution >= 4 is 12.1 Å². The Morgan fingerprint density at radius 1 is 1.21 bits per heavy atom. The molecule has 3 saturated carbocycles. The Morgan fingerprint density at radius 2 is 1.79 bits per heavy atom. The molecule has 78 valence electrons. The van der Waals surface area contributed by atoms with Crippen LogP contribution in [-0.2, 0) is 9.59 Å². The summed E-state index contributed by atoms with van der Waals surface area (Å²) in [6.45, 7) is 1.70. The third-order valence-corrected chi connectivity index (χ3v) is 4.23. The standard InChI is InChI=1S/C12H18O2/c1-8(14)12-10-4-2-9(3-5-10)11(12)6-7-13/h7,9-12H,2-6H2,1H3. The van der Waals surface area contributed by atoms with Crippen LogP contribution in [0.5, 0.6) is 0 Å². The van der Waals surface area contributed by atoms with E-state index in [4.69, 9.17) is 0 Å². The van der Waals surface area contributed by atoms with Crippen LogP contribution < -0.4 is 0 Å². The minimum atomic E-state index is 0.202.